The molecule has 37 heavy (non-hydrogen) atoms. The molecule has 0 amide bonds. The highest BCUT2D eigenvalue weighted by Crippen LogP contribution is 2.32. The molecule has 1 saturated heterocycles. The van der Waals surface area contributed by atoms with Crippen LogP contribution in [0.5, 0.6) is 11.5 Å². The molecule has 0 unspecified atom stereocenters. The summed E-state index contributed by atoms with van der Waals surface area (Å²) in [6.07, 6.45) is 2.03. The van der Waals surface area contributed by atoms with E-state index in [2.05, 4.69) is 38.7 Å². The zero-order valence-electron chi connectivity index (χ0n) is 21.4. The monoisotopic (exact) mass is 499 g/mol. The fraction of sp³-hybridized carbons (Fsp3) is 0.333. The van der Waals surface area contributed by atoms with E-state index in [1.165, 1.54) is 5.56 Å². The van der Waals surface area contributed by atoms with E-state index >= 15 is 0 Å². The first kappa shape index (κ1) is 24.8. The molecule has 0 atom stereocenters. The average Bonchev–Trinajstić information content (AvgIpc) is 3.24. The number of aromatic nitrogens is 2. The summed E-state index contributed by atoms with van der Waals surface area (Å²) in [7, 11) is 0. The zero-order valence-corrected chi connectivity index (χ0v) is 21.4. The molecule has 5 rings (SSSR count). The Morgan fingerprint density at radius 3 is 2.49 bits per heavy atom. The van der Waals surface area contributed by atoms with Crippen LogP contribution in [0.3, 0.4) is 0 Å². The van der Waals surface area contributed by atoms with E-state index in [0.29, 0.717) is 19.3 Å². The van der Waals surface area contributed by atoms with Gasteiger partial charge in [0.2, 0.25) is 0 Å². The summed E-state index contributed by atoms with van der Waals surface area (Å²) in [6.45, 7) is 7.90. The van der Waals surface area contributed by atoms with Crippen LogP contribution in [-0.4, -0.2) is 45.2 Å². The number of likely N-dealkylation sites (tertiary alicyclic amines) is 1. The van der Waals surface area contributed by atoms with Crippen LogP contribution in [0.15, 0.2) is 66.7 Å². The Morgan fingerprint density at radius 2 is 1.76 bits per heavy atom. The van der Waals surface area contributed by atoms with Crippen LogP contribution in [0.1, 0.15) is 53.1 Å². The van der Waals surface area contributed by atoms with Crippen LogP contribution in [0.25, 0.3) is 11.0 Å². The van der Waals surface area contributed by atoms with Gasteiger partial charge in [-0.05, 0) is 68.1 Å². The van der Waals surface area contributed by atoms with Crippen LogP contribution in [0.2, 0.25) is 0 Å². The Balaban J connectivity index is 1.23. The van der Waals surface area contributed by atoms with Crippen molar-refractivity contribution in [1.29, 1.82) is 0 Å². The molecule has 7 nitrogen and oxygen atoms in total. The number of carboxylic acids is 1. The lowest BCUT2D eigenvalue weighted by molar-refractivity contribution is 0.0697. The highest BCUT2D eigenvalue weighted by Gasteiger charge is 2.24. The van der Waals surface area contributed by atoms with Crippen molar-refractivity contribution in [1.82, 2.24) is 14.5 Å². The lowest BCUT2D eigenvalue weighted by Gasteiger charge is -2.33. The highest BCUT2D eigenvalue weighted by molar-refractivity contribution is 5.92. The zero-order chi connectivity index (χ0) is 25.8. The summed E-state index contributed by atoms with van der Waals surface area (Å²) in [6, 6.07) is 22.0. The SMILES string of the molecule is CCOc1cc(CN2CCC(n3c(C)nc4cc(C(=O)O)ccc43)CC2)ccc1OCc1ccccc1. The van der Waals surface area contributed by atoms with Gasteiger partial charge in [-0.15, -0.1) is 0 Å². The maximum atomic E-state index is 11.3. The topological polar surface area (TPSA) is 76.8 Å². The molecule has 1 fully saturated rings. The van der Waals surface area contributed by atoms with Gasteiger partial charge in [0, 0.05) is 25.7 Å². The van der Waals surface area contributed by atoms with Gasteiger partial charge in [-0.25, -0.2) is 9.78 Å². The van der Waals surface area contributed by atoms with Gasteiger partial charge >= 0.3 is 5.97 Å². The molecule has 0 saturated carbocycles. The summed E-state index contributed by atoms with van der Waals surface area (Å²) in [5, 5.41) is 9.30. The molecule has 1 aliphatic heterocycles. The summed E-state index contributed by atoms with van der Waals surface area (Å²) >= 11 is 0. The summed E-state index contributed by atoms with van der Waals surface area (Å²) in [4.78, 5) is 18.5. The number of carboxylic acid groups (broad SMARTS) is 1. The van der Waals surface area contributed by atoms with E-state index in [4.69, 9.17) is 9.47 Å². The predicted octanol–water partition coefficient (Wildman–Crippen LogP) is 5.86. The van der Waals surface area contributed by atoms with Crippen molar-refractivity contribution in [3.63, 3.8) is 0 Å². The maximum Gasteiger partial charge on any atom is 0.335 e. The third-order valence-corrected chi connectivity index (χ3v) is 6.99. The van der Waals surface area contributed by atoms with Crippen LogP contribution >= 0.6 is 0 Å². The van der Waals surface area contributed by atoms with Crippen molar-refractivity contribution in [2.75, 3.05) is 19.7 Å². The summed E-state index contributed by atoms with van der Waals surface area (Å²) in [5.74, 6) is 1.56. The fourth-order valence-electron chi connectivity index (χ4n) is 5.18. The molecule has 0 aliphatic carbocycles. The standard InChI is InChI=1S/C30H33N3O4/c1-3-36-29-17-23(9-12-28(29)37-20-22-7-5-4-6-8-22)19-32-15-13-25(14-16-32)33-21(2)31-26-18-24(30(34)35)10-11-27(26)33/h4-12,17-18,25H,3,13-16,19-20H2,1-2H3,(H,34,35). The van der Waals surface area contributed by atoms with E-state index in [-0.39, 0.29) is 5.56 Å². The number of hydrogen-bond donors (Lipinski definition) is 1. The smallest absolute Gasteiger partial charge is 0.335 e. The first-order valence-corrected chi connectivity index (χ1v) is 12.9. The summed E-state index contributed by atoms with van der Waals surface area (Å²) in [5.41, 5.74) is 4.36. The number of rotatable bonds is 9. The molecule has 2 heterocycles. The van der Waals surface area contributed by atoms with Gasteiger partial charge in [-0.1, -0.05) is 36.4 Å². The molecular formula is C30H33N3O4. The van der Waals surface area contributed by atoms with Crippen molar-refractivity contribution in [2.24, 2.45) is 0 Å². The maximum absolute atomic E-state index is 11.3. The molecule has 1 aliphatic rings. The predicted molar refractivity (Wildman–Crippen MR) is 143 cm³/mol. The number of nitrogens with zero attached hydrogens (tertiary/aromatic N) is 3. The molecule has 7 heteroatoms. The molecule has 0 bridgehead atoms. The van der Waals surface area contributed by atoms with E-state index in [0.717, 1.165) is 66.4 Å². The van der Waals surface area contributed by atoms with E-state index in [9.17, 15) is 9.90 Å². The Bertz CT molecular complexity index is 1370. The number of aryl methyl sites for hydroxylation is 1. The van der Waals surface area contributed by atoms with Gasteiger partial charge in [-0.2, -0.15) is 0 Å². The minimum atomic E-state index is -0.925. The van der Waals surface area contributed by atoms with Crippen molar-refractivity contribution in [3.05, 3.63) is 89.2 Å². The van der Waals surface area contributed by atoms with Gasteiger partial charge in [0.15, 0.2) is 11.5 Å². The van der Waals surface area contributed by atoms with Gasteiger partial charge in [0.05, 0.1) is 23.2 Å². The highest BCUT2D eigenvalue weighted by atomic mass is 16.5. The second-order valence-electron chi connectivity index (χ2n) is 9.53. The first-order chi connectivity index (χ1) is 18.0. The largest absolute Gasteiger partial charge is 0.490 e. The number of aromatic carboxylic acids is 1. The minimum Gasteiger partial charge on any atom is -0.490 e. The minimum absolute atomic E-state index is 0.273. The third-order valence-electron chi connectivity index (χ3n) is 6.99. The average molecular weight is 500 g/mol. The van der Waals surface area contributed by atoms with Crippen molar-refractivity contribution in [2.45, 2.75) is 45.9 Å². The van der Waals surface area contributed by atoms with Crippen molar-refractivity contribution < 1.29 is 19.4 Å². The molecule has 0 spiro atoms. The normalized spacial score (nSPS) is 14.6. The number of hydrogen-bond acceptors (Lipinski definition) is 5. The van der Waals surface area contributed by atoms with Crippen LogP contribution < -0.4 is 9.47 Å². The quantitative estimate of drug-likeness (QED) is 0.311. The van der Waals surface area contributed by atoms with Crippen LogP contribution in [0.4, 0.5) is 0 Å². The molecule has 192 valence electrons. The Morgan fingerprint density at radius 1 is 0.973 bits per heavy atom. The fourth-order valence-corrected chi connectivity index (χ4v) is 5.18. The lowest BCUT2D eigenvalue weighted by Crippen LogP contribution is -2.34. The number of piperidine rings is 1. The molecule has 1 N–H and O–H groups in total. The number of benzene rings is 3. The number of fused-ring (bicyclic) bond motifs is 1. The summed E-state index contributed by atoms with van der Waals surface area (Å²) < 4.78 is 14.3. The first-order valence-electron chi connectivity index (χ1n) is 12.9. The van der Waals surface area contributed by atoms with Crippen molar-refractivity contribution >= 4 is 17.0 Å². The third kappa shape index (κ3) is 5.62. The Labute approximate surface area is 217 Å². The Kier molecular flexibility index (Phi) is 7.42. The second kappa shape index (κ2) is 11.0. The van der Waals surface area contributed by atoms with Crippen molar-refractivity contribution in [3.8, 4) is 11.5 Å². The van der Waals surface area contributed by atoms with E-state index in [1.807, 2.05) is 44.2 Å². The van der Waals surface area contributed by atoms with Gasteiger partial charge in [0.1, 0.15) is 12.4 Å². The molecule has 3 aromatic carbocycles. The molecule has 0 radical (unpaired) electrons. The van der Waals surface area contributed by atoms with Crippen LogP contribution in [0, 0.1) is 6.92 Å². The second-order valence-corrected chi connectivity index (χ2v) is 9.53. The lowest BCUT2D eigenvalue weighted by atomic mass is 10.0. The van der Waals surface area contributed by atoms with Gasteiger partial charge < -0.3 is 19.1 Å². The molecular weight excluding hydrogens is 466 g/mol. The van der Waals surface area contributed by atoms with Gasteiger partial charge in [-0.3, -0.25) is 4.90 Å². The van der Waals surface area contributed by atoms with E-state index < -0.39 is 5.97 Å². The number of ether oxygens (including phenoxy) is 2. The van der Waals surface area contributed by atoms with Crippen LogP contribution in [-0.2, 0) is 13.2 Å². The van der Waals surface area contributed by atoms with E-state index in [1.54, 1.807) is 12.1 Å². The molecule has 1 aromatic heterocycles. The Hall–Kier alpha value is -3.84. The van der Waals surface area contributed by atoms with Gasteiger partial charge in [0.25, 0.3) is 0 Å². The number of imidazole rings is 1. The number of carbonyl (C=O) groups is 1. The molecule has 4 aromatic rings.